The lowest BCUT2D eigenvalue weighted by molar-refractivity contribution is 0.171. The molecule has 3 rings (SSSR count). The van der Waals surface area contributed by atoms with E-state index in [1.807, 2.05) is 0 Å². The predicted octanol–water partition coefficient (Wildman–Crippen LogP) is 2.46. The number of halogens is 1. The largest absolute Gasteiger partial charge is 0.348 e. The second-order valence-electron chi connectivity index (χ2n) is 4.76. The number of likely N-dealkylation sites (tertiary alicyclic amines) is 1. The van der Waals surface area contributed by atoms with Gasteiger partial charge in [0.1, 0.15) is 0 Å². The van der Waals surface area contributed by atoms with Gasteiger partial charge in [0.25, 0.3) is 0 Å². The molecular weight excluding hydrogens is 290 g/mol. The smallest absolute Gasteiger partial charge is 0.321 e. The van der Waals surface area contributed by atoms with Crippen LogP contribution in [0.2, 0.25) is 5.02 Å². The van der Waals surface area contributed by atoms with Crippen LogP contribution in [-0.4, -0.2) is 40.0 Å². The molecule has 1 aromatic carbocycles. The highest BCUT2D eigenvalue weighted by atomic mass is 35.5. The number of carbonyl (C=O) groups is 1. The van der Waals surface area contributed by atoms with Crippen LogP contribution in [-0.2, 0) is 0 Å². The van der Waals surface area contributed by atoms with Crippen LogP contribution in [0.15, 0.2) is 42.7 Å². The molecule has 1 saturated heterocycles. The molecule has 2 N–H and O–H groups in total. The molecule has 21 heavy (non-hydrogen) atoms. The van der Waals surface area contributed by atoms with Gasteiger partial charge in [-0.2, -0.15) is 0 Å². The SMILES string of the molecule is O=C(Nc1cccc(Cl)c1)N1CC(Nc2ncccn2)C1. The minimum absolute atomic E-state index is 0.135. The number of carbonyl (C=O) groups excluding carboxylic acids is 1. The number of hydrogen-bond acceptors (Lipinski definition) is 4. The lowest BCUT2D eigenvalue weighted by Gasteiger charge is -2.39. The Labute approximate surface area is 127 Å². The molecule has 2 heterocycles. The zero-order valence-electron chi connectivity index (χ0n) is 11.2. The lowest BCUT2D eigenvalue weighted by Crippen LogP contribution is -2.58. The molecule has 2 amide bonds. The summed E-state index contributed by atoms with van der Waals surface area (Å²) in [6.45, 7) is 1.23. The first-order valence-corrected chi connectivity index (χ1v) is 6.93. The molecule has 1 aliphatic rings. The van der Waals surface area contributed by atoms with Crippen LogP contribution >= 0.6 is 11.6 Å². The third-order valence-corrected chi connectivity index (χ3v) is 3.38. The molecule has 1 aliphatic heterocycles. The van der Waals surface area contributed by atoms with Gasteiger partial charge < -0.3 is 15.5 Å². The Kier molecular flexibility index (Phi) is 3.87. The average molecular weight is 304 g/mol. The molecule has 0 aliphatic carbocycles. The van der Waals surface area contributed by atoms with E-state index in [1.54, 1.807) is 47.6 Å². The molecule has 7 heteroatoms. The second-order valence-corrected chi connectivity index (χ2v) is 5.20. The van der Waals surface area contributed by atoms with Gasteiger partial charge in [0, 0.05) is 36.2 Å². The number of nitrogens with zero attached hydrogens (tertiary/aromatic N) is 3. The molecule has 1 aromatic heterocycles. The van der Waals surface area contributed by atoms with E-state index in [-0.39, 0.29) is 12.1 Å². The predicted molar refractivity (Wildman–Crippen MR) is 81.5 cm³/mol. The summed E-state index contributed by atoms with van der Waals surface area (Å²) in [5.74, 6) is 0.581. The molecule has 0 atom stereocenters. The van der Waals surface area contributed by atoms with Crippen molar-refractivity contribution in [3.63, 3.8) is 0 Å². The normalized spacial score (nSPS) is 14.4. The topological polar surface area (TPSA) is 70.2 Å². The number of rotatable bonds is 3. The van der Waals surface area contributed by atoms with Crippen LogP contribution in [0, 0.1) is 0 Å². The van der Waals surface area contributed by atoms with Crippen molar-refractivity contribution < 1.29 is 4.79 Å². The van der Waals surface area contributed by atoms with Crippen LogP contribution < -0.4 is 10.6 Å². The van der Waals surface area contributed by atoms with Gasteiger partial charge in [-0.05, 0) is 24.3 Å². The highest BCUT2D eigenvalue weighted by molar-refractivity contribution is 6.30. The highest BCUT2D eigenvalue weighted by Crippen LogP contribution is 2.17. The number of nitrogens with one attached hydrogen (secondary N) is 2. The van der Waals surface area contributed by atoms with Crippen LogP contribution in [0.25, 0.3) is 0 Å². The maximum absolute atomic E-state index is 12.0. The molecule has 2 aromatic rings. The Morgan fingerprint density at radius 2 is 2.00 bits per heavy atom. The quantitative estimate of drug-likeness (QED) is 0.914. The van der Waals surface area contributed by atoms with Crippen molar-refractivity contribution in [3.8, 4) is 0 Å². The van der Waals surface area contributed by atoms with E-state index >= 15 is 0 Å². The van der Waals surface area contributed by atoms with E-state index in [4.69, 9.17) is 11.6 Å². The van der Waals surface area contributed by atoms with E-state index < -0.39 is 0 Å². The molecule has 0 radical (unpaired) electrons. The Bertz CT molecular complexity index is 630. The van der Waals surface area contributed by atoms with E-state index in [2.05, 4.69) is 20.6 Å². The fourth-order valence-electron chi connectivity index (χ4n) is 2.06. The van der Waals surface area contributed by atoms with Crippen LogP contribution in [0.4, 0.5) is 16.4 Å². The standard InChI is InChI=1S/C14H14ClN5O/c15-10-3-1-4-11(7-10)19-14(21)20-8-12(9-20)18-13-16-5-2-6-17-13/h1-7,12H,8-9H2,(H,19,21)(H,16,17,18). The monoisotopic (exact) mass is 303 g/mol. The van der Waals surface area contributed by atoms with E-state index in [0.29, 0.717) is 29.7 Å². The summed E-state index contributed by atoms with van der Waals surface area (Å²) >= 11 is 5.88. The summed E-state index contributed by atoms with van der Waals surface area (Å²) in [6.07, 6.45) is 3.36. The van der Waals surface area contributed by atoms with Crippen LogP contribution in [0.1, 0.15) is 0 Å². The summed E-state index contributed by atoms with van der Waals surface area (Å²) in [5, 5.41) is 6.58. The maximum Gasteiger partial charge on any atom is 0.321 e. The third-order valence-electron chi connectivity index (χ3n) is 3.14. The molecule has 0 bridgehead atoms. The Morgan fingerprint density at radius 1 is 1.24 bits per heavy atom. The lowest BCUT2D eigenvalue weighted by atomic mass is 10.1. The maximum atomic E-state index is 12.0. The van der Waals surface area contributed by atoms with Gasteiger partial charge in [-0.3, -0.25) is 0 Å². The van der Waals surface area contributed by atoms with Gasteiger partial charge >= 0.3 is 6.03 Å². The zero-order valence-corrected chi connectivity index (χ0v) is 11.9. The summed E-state index contributed by atoms with van der Waals surface area (Å²) in [6, 6.07) is 8.88. The van der Waals surface area contributed by atoms with Crippen molar-refractivity contribution in [1.82, 2.24) is 14.9 Å². The fourth-order valence-corrected chi connectivity index (χ4v) is 2.25. The number of urea groups is 1. The zero-order chi connectivity index (χ0) is 14.7. The summed E-state index contributed by atoms with van der Waals surface area (Å²) in [4.78, 5) is 21.9. The minimum atomic E-state index is -0.135. The molecular formula is C14H14ClN5O. The minimum Gasteiger partial charge on any atom is -0.348 e. The van der Waals surface area contributed by atoms with Crippen molar-refractivity contribution in [1.29, 1.82) is 0 Å². The van der Waals surface area contributed by atoms with Crippen LogP contribution in [0.3, 0.4) is 0 Å². The van der Waals surface area contributed by atoms with Crippen molar-refractivity contribution in [2.45, 2.75) is 6.04 Å². The Balaban J connectivity index is 1.48. The number of hydrogen-bond donors (Lipinski definition) is 2. The summed E-state index contributed by atoms with van der Waals surface area (Å²) < 4.78 is 0. The van der Waals surface area contributed by atoms with Gasteiger partial charge in [-0.1, -0.05) is 17.7 Å². The van der Waals surface area contributed by atoms with Gasteiger partial charge in [0.05, 0.1) is 6.04 Å². The third kappa shape index (κ3) is 3.41. The van der Waals surface area contributed by atoms with E-state index in [9.17, 15) is 4.79 Å². The van der Waals surface area contributed by atoms with Crippen molar-refractivity contribution in [2.75, 3.05) is 23.7 Å². The number of aromatic nitrogens is 2. The van der Waals surface area contributed by atoms with Crippen molar-refractivity contribution in [3.05, 3.63) is 47.7 Å². The van der Waals surface area contributed by atoms with Gasteiger partial charge in [-0.25, -0.2) is 14.8 Å². The van der Waals surface area contributed by atoms with Crippen LogP contribution in [0.5, 0.6) is 0 Å². The molecule has 0 unspecified atom stereocenters. The second kappa shape index (κ2) is 5.97. The molecule has 1 fully saturated rings. The number of amides is 2. The van der Waals surface area contributed by atoms with E-state index in [0.717, 1.165) is 0 Å². The van der Waals surface area contributed by atoms with E-state index in [1.165, 1.54) is 0 Å². The molecule has 0 saturated carbocycles. The molecule has 6 nitrogen and oxygen atoms in total. The van der Waals surface area contributed by atoms with Crippen molar-refractivity contribution in [2.24, 2.45) is 0 Å². The van der Waals surface area contributed by atoms with Gasteiger partial charge in [0.15, 0.2) is 0 Å². The van der Waals surface area contributed by atoms with Gasteiger partial charge in [0.2, 0.25) is 5.95 Å². The number of anilines is 2. The Hall–Kier alpha value is -2.34. The molecule has 0 spiro atoms. The highest BCUT2D eigenvalue weighted by Gasteiger charge is 2.31. The average Bonchev–Trinajstić information content (AvgIpc) is 2.43. The first-order chi connectivity index (χ1) is 10.2. The summed E-state index contributed by atoms with van der Waals surface area (Å²) in [5.41, 5.74) is 0.690. The first-order valence-electron chi connectivity index (χ1n) is 6.56. The first kappa shape index (κ1) is 13.6. The van der Waals surface area contributed by atoms with Crippen molar-refractivity contribution >= 4 is 29.3 Å². The Morgan fingerprint density at radius 3 is 2.71 bits per heavy atom. The number of benzene rings is 1. The van der Waals surface area contributed by atoms with Gasteiger partial charge in [-0.15, -0.1) is 0 Å². The summed E-state index contributed by atoms with van der Waals surface area (Å²) in [7, 11) is 0. The fraction of sp³-hybridized carbons (Fsp3) is 0.214. The molecule has 108 valence electrons.